The predicted molar refractivity (Wildman–Crippen MR) is 174 cm³/mol. The number of ether oxygens (including phenoxy) is 3. The van der Waals surface area contributed by atoms with Gasteiger partial charge in [-0.15, -0.1) is 0 Å². The number of esters is 2. The molecule has 5 fully saturated rings. The summed E-state index contributed by atoms with van der Waals surface area (Å²) in [5.74, 6) is -13.2. The normalized spacial score (nSPS) is 26.4. The lowest BCUT2D eigenvalue weighted by atomic mass is 9.73. The first-order valence-corrected chi connectivity index (χ1v) is 19.9. The molecule has 13 heteroatoms. The molecule has 2 heterocycles. The van der Waals surface area contributed by atoms with Crippen molar-refractivity contribution >= 4 is 22.1 Å². The summed E-state index contributed by atoms with van der Waals surface area (Å²) in [6, 6.07) is 4.59. The van der Waals surface area contributed by atoms with Gasteiger partial charge in [-0.2, -0.15) is 8.78 Å². The maximum atomic E-state index is 14.5. The van der Waals surface area contributed by atoms with Crippen LogP contribution in [-0.2, 0) is 24.4 Å². The molecule has 2 saturated heterocycles. The first-order valence-electron chi connectivity index (χ1n) is 18.5. The first kappa shape index (κ1) is 36.3. The summed E-state index contributed by atoms with van der Waals surface area (Å²) < 4.78 is 108. The van der Waals surface area contributed by atoms with Crippen LogP contribution in [0.2, 0.25) is 0 Å². The van der Waals surface area contributed by atoms with Crippen molar-refractivity contribution in [2.75, 3.05) is 0 Å². The first-order chi connectivity index (χ1) is 24.4. The van der Waals surface area contributed by atoms with E-state index in [1.807, 2.05) is 0 Å². The van der Waals surface area contributed by atoms with Crippen molar-refractivity contribution in [2.45, 2.75) is 150 Å². The zero-order chi connectivity index (χ0) is 36.0. The van der Waals surface area contributed by atoms with E-state index in [1.165, 1.54) is 37.7 Å². The fraction of sp³-hybridized carbons (Fsp3) is 0.632. The van der Waals surface area contributed by atoms with E-state index in [9.17, 15) is 40.1 Å². The molecule has 4 atom stereocenters. The highest BCUT2D eigenvalue weighted by Crippen LogP contribution is 2.46. The Morgan fingerprint density at radius 3 is 1.63 bits per heavy atom. The Balaban J connectivity index is 1.12. The molecule has 8 nitrogen and oxygen atoms in total. The fourth-order valence-electron chi connectivity index (χ4n) is 9.35. The number of benzene rings is 2. The molecular weight excluding hydrogens is 692 g/mol. The van der Waals surface area contributed by atoms with Gasteiger partial charge in [0.25, 0.3) is 0 Å². The molecule has 0 amide bonds. The van der Waals surface area contributed by atoms with Gasteiger partial charge in [-0.05, 0) is 79.4 Å². The van der Waals surface area contributed by atoms with Crippen molar-refractivity contribution in [1.82, 2.24) is 0 Å². The molecular formula is C38H43F4O8S-. The van der Waals surface area contributed by atoms with Crippen LogP contribution in [0, 0.1) is 29.2 Å². The molecule has 2 aliphatic heterocycles. The number of fused-ring (bicyclic) bond motifs is 2. The Morgan fingerprint density at radius 2 is 1.18 bits per heavy atom. The molecule has 278 valence electrons. The molecule has 2 aromatic carbocycles. The third-order valence-electron chi connectivity index (χ3n) is 12.0. The third kappa shape index (κ3) is 7.19. The zero-order valence-electron chi connectivity index (χ0n) is 28.4. The molecule has 3 saturated carbocycles. The van der Waals surface area contributed by atoms with Crippen LogP contribution in [0.3, 0.4) is 0 Å². The lowest BCUT2D eigenvalue weighted by molar-refractivity contribution is -0.141. The van der Waals surface area contributed by atoms with Crippen LogP contribution < -0.4 is 4.74 Å². The van der Waals surface area contributed by atoms with Gasteiger partial charge in [-0.1, -0.05) is 69.9 Å². The molecule has 5 aliphatic rings. The van der Waals surface area contributed by atoms with E-state index >= 15 is 0 Å². The van der Waals surface area contributed by atoms with Crippen molar-refractivity contribution in [3.05, 3.63) is 57.7 Å². The summed E-state index contributed by atoms with van der Waals surface area (Å²) in [5.41, 5.74) is 4.20. The Morgan fingerprint density at radius 1 is 0.686 bits per heavy atom. The minimum absolute atomic E-state index is 0.0474. The number of hydrogen-bond acceptors (Lipinski definition) is 8. The summed E-state index contributed by atoms with van der Waals surface area (Å²) in [6.07, 6.45) is 14.6. The van der Waals surface area contributed by atoms with Crippen LogP contribution in [0.1, 0.15) is 154 Å². The average Bonchev–Trinajstić information content (AvgIpc) is 3.74. The van der Waals surface area contributed by atoms with Crippen LogP contribution in [0.5, 0.6) is 5.75 Å². The van der Waals surface area contributed by atoms with Crippen LogP contribution in [0.25, 0.3) is 0 Å². The lowest BCUT2D eigenvalue weighted by Crippen LogP contribution is -2.37. The maximum Gasteiger partial charge on any atom is 0.339 e. The number of rotatable bonds is 8. The second kappa shape index (κ2) is 14.8. The number of carbonyl (C=O) groups is 2. The fourth-order valence-corrected chi connectivity index (χ4v) is 9.97. The van der Waals surface area contributed by atoms with E-state index in [0.29, 0.717) is 11.5 Å². The third-order valence-corrected chi connectivity index (χ3v) is 12.8. The molecule has 4 unspecified atom stereocenters. The van der Waals surface area contributed by atoms with Gasteiger partial charge in [0.1, 0.15) is 21.1 Å². The quantitative estimate of drug-likeness (QED) is 0.0870. The van der Waals surface area contributed by atoms with Gasteiger partial charge in [-0.25, -0.2) is 22.0 Å². The van der Waals surface area contributed by atoms with Crippen LogP contribution >= 0.6 is 0 Å². The summed E-state index contributed by atoms with van der Waals surface area (Å²) in [5, 5.41) is 0. The summed E-state index contributed by atoms with van der Waals surface area (Å²) >= 11 is 0. The van der Waals surface area contributed by atoms with E-state index < -0.39 is 80.2 Å². The van der Waals surface area contributed by atoms with Crippen molar-refractivity contribution in [3.8, 4) is 5.75 Å². The summed E-state index contributed by atoms with van der Waals surface area (Å²) in [6.45, 7) is 0. The van der Waals surface area contributed by atoms with E-state index in [-0.39, 0.29) is 24.7 Å². The van der Waals surface area contributed by atoms with Gasteiger partial charge in [0.15, 0.2) is 11.6 Å². The number of carbonyl (C=O) groups excluding carboxylic acids is 2. The smallest absolute Gasteiger partial charge is 0.339 e. The molecule has 2 aromatic rings. The van der Waals surface area contributed by atoms with Gasteiger partial charge in [0, 0.05) is 6.42 Å². The molecule has 51 heavy (non-hydrogen) atoms. The monoisotopic (exact) mass is 735 g/mol. The standard InChI is InChI=1S/C38H44F4O8S/c39-31-33(41)36(51(45,46)47)34(42)32(40)35(31)50-37(43)26-18-28-29(19-27(26)48-28)49-38(44)30-24(21-12-6-2-7-13-21)16-23(20-10-4-1-5-11-20)17-25(30)22-14-8-3-9-15-22/h16-17,20-22,26-29H,1-15,18-19H2,(H,45,46,47)/p-1. The van der Waals surface area contributed by atoms with Crippen molar-refractivity contribution in [1.29, 1.82) is 0 Å². The molecule has 3 aliphatic carbocycles. The van der Waals surface area contributed by atoms with Crippen LogP contribution in [-0.4, -0.2) is 43.2 Å². The van der Waals surface area contributed by atoms with E-state index in [2.05, 4.69) is 12.1 Å². The molecule has 0 N–H and O–H groups in total. The second-order valence-electron chi connectivity index (χ2n) is 15.1. The van der Waals surface area contributed by atoms with Crippen molar-refractivity contribution < 1.29 is 54.3 Å². The number of halogens is 4. The Labute approximate surface area is 295 Å². The Bertz CT molecular complexity index is 1710. The minimum atomic E-state index is -5.92. The molecule has 2 bridgehead atoms. The minimum Gasteiger partial charge on any atom is -0.744 e. The van der Waals surface area contributed by atoms with E-state index in [1.54, 1.807) is 0 Å². The lowest BCUT2D eigenvalue weighted by Gasteiger charge is -2.32. The molecule has 0 spiro atoms. The van der Waals surface area contributed by atoms with Crippen molar-refractivity contribution in [3.63, 3.8) is 0 Å². The Hall–Kier alpha value is -3.03. The van der Waals surface area contributed by atoms with Crippen LogP contribution in [0.4, 0.5) is 17.6 Å². The highest BCUT2D eigenvalue weighted by atomic mass is 32.2. The zero-order valence-corrected chi connectivity index (χ0v) is 29.2. The molecule has 0 aromatic heterocycles. The highest BCUT2D eigenvalue weighted by molar-refractivity contribution is 7.85. The Kier molecular flexibility index (Phi) is 10.5. The summed E-state index contributed by atoms with van der Waals surface area (Å²) in [7, 11) is -5.92. The average molecular weight is 736 g/mol. The topological polar surface area (TPSA) is 119 Å². The maximum absolute atomic E-state index is 14.5. The second-order valence-corrected chi connectivity index (χ2v) is 16.4. The van der Waals surface area contributed by atoms with Gasteiger partial charge in [-0.3, -0.25) is 4.79 Å². The summed E-state index contributed by atoms with van der Waals surface area (Å²) in [4.78, 5) is 25.1. The van der Waals surface area contributed by atoms with Crippen LogP contribution in [0.15, 0.2) is 17.0 Å². The van der Waals surface area contributed by atoms with Gasteiger partial charge in [0.2, 0.25) is 17.4 Å². The number of hydrogen-bond donors (Lipinski definition) is 0. The van der Waals surface area contributed by atoms with Gasteiger partial charge >= 0.3 is 11.9 Å². The predicted octanol–water partition coefficient (Wildman–Crippen LogP) is 8.60. The van der Waals surface area contributed by atoms with Gasteiger partial charge in [0.05, 0.1) is 23.7 Å². The van der Waals surface area contributed by atoms with E-state index in [0.717, 1.165) is 75.3 Å². The SMILES string of the molecule is O=C(OC1CC2OC1CC2C(=O)Oc1c(F)c(F)c(S(=O)(=O)[O-])c(F)c1F)c1c(C2CCCCC2)cc(C2CCCCC2)cc1C1CCCCC1. The largest absolute Gasteiger partial charge is 0.744 e. The molecule has 7 rings (SSSR count). The van der Waals surface area contributed by atoms with Gasteiger partial charge < -0.3 is 18.8 Å². The van der Waals surface area contributed by atoms with E-state index in [4.69, 9.17) is 14.2 Å². The molecule has 0 radical (unpaired) electrons. The van der Waals surface area contributed by atoms with Crippen molar-refractivity contribution in [2.24, 2.45) is 5.92 Å². The highest BCUT2D eigenvalue weighted by Gasteiger charge is 2.53.